The fraction of sp³-hybridized carbons (Fsp3) is 0.235. The van der Waals surface area contributed by atoms with Gasteiger partial charge in [-0.2, -0.15) is 0 Å². The van der Waals surface area contributed by atoms with Gasteiger partial charge in [0.25, 0.3) is 5.91 Å². The minimum atomic E-state index is -0.312. The van der Waals surface area contributed by atoms with E-state index in [0.29, 0.717) is 11.4 Å². The number of ether oxygens (including phenoxy) is 1. The zero-order valence-electron chi connectivity index (χ0n) is 12.4. The monoisotopic (exact) mass is 285 g/mol. The summed E-state index contributed by atoms with van der Waals surface area (Å²) in [4.78, 5) is 11.8. The number of aryl methyl sites for hydroxylation is 3. The molecule has 0 unspecified atom stereocenters. The number of hydrogen-bond acceptors (Lipinski definition) is 3. The molecule has 4 heteroatoms. The van der Waals surface area contributed by atoms with Gasteiger partial charge >= 0.3 is 0 Å². The van der Waals surface area contributed by atoms with Crippen LogP contribution in [0.25, 0.3) is 0 Å². The molecule has 2 rings (SSSR count). The highest BCUT2D eigenvalue weighted by atomic mass is 16.5. The molecule has 0 atom stereocenters. The van der Waals surface area contributed by atoms with E-state index in [4.69, 9.17) is 4.74 Å². The van der Waals surface area contributed by atoms with E-state index in [0.717, 1.165) is 16.7 Å². The first kappa shape index (κ1) is 14.9. The van der Waals surface area contributed by atoms with Crippen molar-refractivity contribution in [3.05, 3.63) is 53.1 Å². The van der Waals surface area contributed by atoms with Gasteiger partial charge in [-0.3, -0.25) is 4.79 Å². The van der Waals surface area contributed by atoms with Gasteiger partial charge < -0.3 is 15.2 Å². The lowest BCUT2D eigenvalue weighted by molar-refractivity contribution is -0.118. The summed E-state index contributed by atoms with van der Waals surface area (Å²) in [7, 11) is 0. The Bertz CT molecular complexity index is 645. The molecule has 2 aromatic carbocycles. The van der Waals surface area contributed by atoms with E-state index >= 15 is 0 Å². The van der Waals surface area contributed by atoms with E-state index in [2.05, 4.69) is 5.32 Å². The van der Waals surface area contributed by atoms with Crippen LogP contribution in [0.2, 0.25) is 0 Å². The Labute approximate surface area is 124 Å². The van der Waals surface area contributed by atoms with Gasteiger partial charge in [-0.05, 0) is 61.7 Å². The van der Waals surface area contributed by atoms with E-state index in [1.165, 1.54) is 0 Å². The molecule has 0 saturated heterocycles. The summed E-state index contributed by atoms with van der Waals surface area (Å²) in [5.41, 5.74) is 3.48. The van der Waals surface area contributed by atoms with Gasteiger partial charge in [0.05, 0.1) is 5.69 Å². The summed E-state index contributed by atoms with van der Waals surface area (Å²) in [6, 6.07) is 10.9. The number of anilines is 1. The lowest BCUT2D eigenvalue weighted by atomic mass is 10.1. The molecule has 0 spiro atoms. The second-order valence-corrected chi connectivity index (χ2v) is 5.18. The van der Waals surface area contributed by atoms with Gasteiger partial charge in [0, 0.05) is 0 Å². The van der Waals surface area contributed by atoms with E-state index in [1.54, 1.807) is 12.1 Å². The number of hydrogen-bond donors (Lipinski definition) is 2. The SMILES string of the molecule is Cc1cc(C)cc(OCC(=O)Nc2ccc(C)cc2O)c1. The maximum atomic E-state index is 11.8. The Morgan fingerprint density at radius 2 is 1.71 bits per heavy atom. The minimum absolute atomic E-state index is 0.0507. The highest BCUT2D eigenvalue weighted by Crippen LogP contribution is 2.23. The number of nitrogens with one attached hydrogen (secondary N) is 1. The van der Waals surface area contributed by atoms with Crippen LogP contribution in [0.1, 0.15) is 16.7 Å². The molecule has 0 aliphatic rings. The third kappa shape index (κ3) is 4.24. The fourth-order valence-corrected chi connectivity index (χ4v) is 2.10. The number of phenols is 1. The summed E-state index contributed by atoms with van der Waals surface area (Å²) in [6.07, 6.45) is 0. The normalized spacial score (nSPS) is 10.2. The molecule has 4 nitrogen and oxygen atoms in total. The van der Waals surface area contributed by atoms with Gasteiger partial charge in [-0.25, -0.2) is 0 Å². The van der Waals surface area contributed by atoms with Crippen molar-refractivity contribution in [2.75, 3.05) is 11.9 Å². The van der Waals surface area contributed by atoms with Crippen LogP contribution < -0.4 is 10.1 Å². The lowest BCUT2D eigenvalue weighted by Gasteiger charge is -2.10. The Balaban J connectivity index is 1.95. The molecule has 0 radical (unpaired) electrons. The molecule has 110 valence electrons. The third-order valence-corrected chi connectivity index (χ3v) is 2.99. The standard InChI is InChI=1S/C17H19NO3/c1-11-4-5-15(16(19)9-11)18-17(20)10-21-14-7-12(2)6-13(3)8-14/h4-9,19H,10H2,1-3H3,(H,18,20). The number of phenolic OH excluding ortho intramolecular Hbond substituents is 1. The Morgan fingerprint density at radius 1 is 1.05 bits per heavy atom. The number of amides is 1. The van der Waals surface area contributed by atoms with Crippen LogP contribution in [0.4, 0.5) is 5.69 Å². The highest BCUT2D eigenvalue weighted by molar-refractivity contribution is 5.93. The van der Waals surface area contributed by atoms with Gasteiger partial charge in [0.1, 0.15) is 11.5 Å². The predicted molar refractivity (Wildman–Crippen MR) is 82.9 cm³/mol. The number of aromatic hydroxyl groups is 1. The Kier molecular flexibility index (Phi) is 4.48. The maximum absolute atomic E-state index is 11.8. The molecule has 2 N–H and O–H groups in total. The second-order valence-electron chi connectivity index (χ2n) is 5.18. The lowest BCUT2D eigenvalue weighted by Crippen LogP contribution is -2.20. The summed E-state index contributed by atoms with van der Waals surface area (Å²) >= 11 is 0. The number of rotatable bonds is 4. The van der Waals surface area contributed by atoms with Gasteiger partial charge in [0.15, 0.2) is 6.61 Å². The molecule has 0 aromatic heterocycles. The first-order chi connectivity index (χ1) is 9.94. The van der Waals surface area contributed by atoms with Crippen molar-refractivity contribution >= 4 is 11.6 Å². The molecule has 21 heavy (non-hydrogen) atoms. The van der Waals surface area contributed by atoms with Crippen molar-refractivity contribution in [1.82, 2.24) is 0 Å². The van der Waals surface area contributed by atoms with Crippen LogP contribution in [-0.2, 0) is 4.79 Å². The predicted octanol–water partition coefficient (Wildman–Crippen LogP) is 3.33. The summed E-state index contributed by atoms with van der Waals surface area (Å²) in [5.74, 6) is 0.402. The molecule has 0 aliphatic heterocycles. The molecule has 0 bridgehead atoms. The van der Waals surface area contributed by atoms with E-state index in [9.17, 15) is 9.90 Å². The second kappa shape index (κ2) is 6.31. The van der Waals surface area contributed by atoms with Crippen molar-refractivity contribution in [2.45, 2.75) is 20.8 Å². The molecule has 1 amide bonds. The highest BCUT2D eigenvalue weighted by Gasteiger charge is 2.07. The maximum Gasteiger partial charge on any atom is 0.262 e. The Morgan fingerprint density at radius 3 is 2.33 bits per heavy atom. The minimum Gasteiger partial charge on any atom is -0.506 e. The van der Waals surface area contributed by atoms with Crippen LogP contribution >= 0.6 is 0 Å². The van der Waals surface area contributed by atoms with Gasteiger partial charge in [0.2, 0.25) is 0 Å². The molecular weight excluding hydrogens is 266 g/mol. The van der Waals surface area contributed by atoms with Crippen LogP contribution in [0, 0.1) is 20.8 Å². The molecule has 0 saturated carbocycles. The largest absolute Gasteiger partial charge is 0.506 e. The van der Waals surface area contributed by atoms with Gasteiger partial charge in [-0.1, -0.05) is 12.1 Å². The number of carbonyl (C=O) groups is 1. The van der Waals surface area contributed by atoms with E-state index in [1.807, 2.05) is 45.0 Å². The third-order valence-electron chi connectivity index (χ3n) is 2.99. The molecular formula is C17H19NO3. The van der Waals surface area contributed by atoms with Crippen LogP contribution in [0.5, 0.6) is 11.5 Å². The van der Waals surface area contributed by atoms with Crippen molar-refractivity contribution in [3.63, 3.8) is 0 Å². The number of benzene rings is 2. The first-order valence-electron chi connectivity index (χ1n) is 6.74. The smallest absolute Gasteiger partial charge is 0.262 e. The summed E-state index contributed by atoms with van der Waals surface area (Å²) < 4.78 is 5.47. The zero-order chi connectivity index (χ0) is 15.4. The average molecular weight is 285 g/mol. The summed E-state index contributed by atoms with van der Waals surface area (Å²) in [5, 5.41) is 12.4. The van der Waals surface area contributed by atoms with Crippen molar-refractivity contribution in [1.29, 1.82) is 0 Å². The van der Waals surface area contributed by atoms with Crippen LogP contribution in [0.15, 0.2) is 36.4 Å². The van der Waals surface area contributed by atoms with Crippen LogP contribution in [0.3, 0.4) is 0 Å². The molecule has 0 aliphatic carbocycles. The number of carbonyl (C=O) groups excluding carboxylic acids is 1. The van der Waals surface area contributed by atoms with E-state index < -0.39 is 0 Å². The molecule has 0 heterocycles. The molecule has 2 aromatic rings. The average Bonchev–Trinajstić information content (AvgIpc) is 2.39. The first-order valence-corrected chi connectivity index (χ1v) is 6.74. The Hall–Kier alpha value is -2.49. The van der Waals surface area contributed by atoms with Gasteiger partial charge in [-0.15, -0.1) is 0 Å². The van der Waals surface area contributed by atoms with E-state index in [-0.39, 0.29) is 18.3 Å². The fourth-order valence-electron chi connectivity index (χ4n) is 2.10. The zero-order valence-corrected chi connectivity index (χ0v) is 12.4. The molecule has 0 fully saturated rings. The topological polar surface area (TPSA) is 58.6 Å². The quantitative estimate of drug-likeness (QED) is 0.847. The summed E-state index contributed by atoms with van der Waals surface area (Å²) in [6.45, 7) is 5.72. The van der Waals surface area contributed by atoms with Crippen molar-refractivity contribution < 1.29 is 14.6 Å². The van der Waals surface area contributed by atoms with Crippen molar-refractivity contribution in [2.24, 2.45) is 0 Å². The van der Waals surface area contributed by atoms with Crippen molar-refractivity contribution in [3.8, 4) is 11.5 Å². The van der Waals surface area contributed by atoms with Crippen LogP contribution in [-0.4, -0.2) is 17.6 Å².